The Labute approximate surface area is 103 Å². The predicted octanol–water partition coefficient (Wildman–Crippen LogP) is 2.98. The molecule has 0 bridgehead atoms. The maximum Gasteiger partial charge on any atom is 0.291 e. The summed E-state index contributed by atoms with van der Waals surface area (Å²) >= 11 is 5.57. The number of benzene rings is 1. The van der Waals surface area contributed by atoms with Crippen LogP contribution in [0.25, 0.3) is 0 Å². The highest BCUT2D eigenvalue weighted by atomic mass is 35.5. The Morgan fingerprint density at radius 2 is 2.18 bits per heavy atom. The number of amides is 1. The van der Waals surface area contributed by atoms with Crippen LogP contribution in [0, 0.1) is 0 Å². The van der Waals surface area contributed by atoms with E-state index in [4.69, 9.17) is 16.0 Å². The number of hydrogen-bond acceptors (Lipinski definition) is 3. The molecule has 88 valence electrons. The average molecular weight is 252 g/mol. The monoisotopic (exact) mass is 251 g/mol. The summed E-state index contributed by atoms with van der Waals surface area (Å²) in [6, 6.07) is 9.47. The third-order valence-corrected chi connectivity index (χ3v) is 2.38. The topological polar surface area (TPSA) is 62.5 Å². The SMILES string of the molecule is O=C(Nc1cccc(O)c1)c1ccc(CCl)o1. The third-order valence-electron chi connectivity index (χ3n) is 2.12. The molecule has 0 saturated carbocycles. The van der Waals surface area contributed by atoms with Gasteiger partial charge >= 0.3 is 0 Å². The number of carbonyl (C=O) groups excluding carboxylic acids is 1. The van der Waals surface area contributed by atoms with Gasteiger partial charge in [0.1, 0.15) is 11.5 Å². The number of anilines is 1. The molecule has 5 heteroatoms. The van der Waals surface area contributed by atoms with Gasteiger partial charge in [0.25, 0.3) is 5.91 Å². The molecule has 1 aromatic heterocycles. The molecule has 1 amide bonds. The van der Waals surface area contributed by atoms with Crippen molar-refractivity contribution in [1.82, 2.24) is 0 Å². The highest BCUT2D eigenvalue weighted by Gasteiger charge is 2.11. The standard InChI is InChI=1S/C12H10ClNO3/c13-7-10-4-5-11(17-10)12(16)14-8-2-1-3-9(15)6-8/h1-6,15H,7H2,(H,14,16). The van der Waals surface area contributed by atoms with E-state index in [9.17, 15) is 9.90 Å². The number of aromatic hydroxyl groups is 1. The number of hydrogen-bond donors (Lipinski definition) is 2. The van der Waals surface area contributed by atoms with Crippen LogP contribution in [0.4, 0.5) is 5.69 Å². The first-order chi connectivity index (χ1) is 8.19. The van der Waals surface area contributed by atoms with Crippen molar-refractivity contribution in [2.45, 2.75) is 5.88 Å². The summed E-state index contributed by atoms with van der Waals surface area (Å²) in [4.78, 5) is 11.7. The first kappa shape index (κ1) is 11.5. The van der Waals surface area contributed by atoms with Gasteiger partial charge in [-0.1, -0.05) is 6.07 Å². The van der Waals surface area contributed by atoms with Gasteiger partial charge in [0.15, 0.2) is 5.76 Å². The Kier molecular flexibility index (Phi) is 3.35. The summed E-state index contributed by atoms with van der Waals surface area (Å²) < 4.78 is 5.19. The molecule has 0 saturated heterocycles. The van der Waals surface area contributed by atoms with E-state index in [2.05, 4.69) is 5.32 Å². The van der Waals surface area contributed by atoms with E-state index in [-0.39, 0.29) is 23.3 Å². The van der Waals surface area contributed by atoms with Crippen LogP contribution in [-0.4, -0.2) is 11.0 Å². The van der Waals surface area contributed by atoms with E-state index in [0.29, 0.717) is 11.4 Å². The van der Waals surface area contributed by atoms with Gasteiger partial charge < -0.3 is 14.8 Å². The van der Waals surface area contributed by atoms with Crippen LogP contribution in [0.3, 0.4) is 0 Å². The molecule has 2 rings (SSSR count). The zero-order chi connectivity index (χ0) is 12.3. The molecule has 1 aromatic carbocycles. The molecule has 0 fully saturated rings. The number of rotatable bonds is 3. The summed E-state index contributed by atoms with van der Waals surface area (Å²) in [5, 5.41) is 11.8. The van der Waals surface area contributed by atoms with Crippen molar-refractivity contribution in [3.05, 3.63) is 47.9 Å². The molecule has 1 heterocycles. The Morgan fingerprint density at radius 3 is 2.82 bits per heavy atom. The quantitative estimate of drug-likeness (QED) is 0.825. The maximum atomic E-state index is 11.7. The fraction of sp³-hybridized carbons (Fsp3) is 0.0833. The van der Waals surface area contributed by atoms with Crippen molar-refractivity contribution in [3.8, 4) is 5.75 Å². The van der Waals surface area contributed by atoms with Crippen molar-refractivity contribution in [2.24, 2.45) is 0 Å². The number of phenols is 1. The molecule has 0 radical (unpaired) electrons. The summed E-state index contributed by atoms with van der Waals surface area (Å²) in [5.74, 6) is 0.645. The molecule has 0 aliphatic carbocycles. The van der Waals surface area contributed by atoms with E-state index in [1.54, 1.807) is 24.3 Å². The third kappa shape index (κ3) is 2.79. The molecule has 0 aliphatic heterocycles. The minimum atomic E-state index is -0.382. The van der Waals surface area contributed by atoms with E-state index in [1.807, 2.05) is 0 Å². The minimum absolute atomic E-state index is 0.0868. The van der Waals surface area contributed by atoms with Crippen LogP contribution in [0.2, 0.25) is 0 Å². The average Bonchev–Trinajstić information content (AvgIpc) is 2.77. The fourth-order valence-corrected chi connectivity index (χ4v) is 1.49. The molecular formula is C12H10ClNO3. The summed E-state index contributed by atoms with van der Waals surface area (Å²) in [6.45, 7) is 0. The van der Waals surface area contributed by atoms with E-state index in [1.165, 1.54) is 12.1 Å². The second-order valence-corrected chi connectivity index (χ2v) is 3.67. The fourth-order valence-electron chi connectivity index (χ4n) is 1.35. The first-order valence-electron chi connectivity index (χ1n) is 4.94. The van der Waals surface area contributed by atoms with Crippen LogP contribution >= 0.6 is 11.6 Å². The summed E-state index contributed by atoms with van der Waals surface area (Å²) in [5.41, 5.74) is 0.499. The summed E-state index contributed by atoms with van der Waals surface area (Å²) in [6.07, 6.45) is 0. The van der Waals surface area contributed by atoms with Crippen molar-refractivity contribution in [1.29, 1.82) is 0 Å². The van der Waals surface area contributed by atoms with Crippen LogP contribution in [0.5, 0.6) is 5.75 Å². The lowest BCUT2D eigenvalue weighted by molar-refractivity contribution is 0.0995. The van der Waals surface area contributed by atoms with Crippen LogP contribution in [0.1, 0.15) is 16.3 Å². The Morgan fingerprint density at radius 1 is 1.35 bits per heavy atom. The van der Waals surface area contributed by atoms with Gasteiger partial charge in [-0.25, -0.2) is 0 Å². The number of furan rings is 1. The molecule has 2 aromatic rings. The van der Waals surface area contributed by atoms with Crippen molar-refractivity contribution < 1.29 is 14.3 Å². The predicted molar refractivity (Wildman–Crippen MR) is 64.3 cm³/mol. The lowest BCUT2D eigenvalue weighted by Gasteiger charge is -2.03. The van der Waals surface area contributed by atoms with Gasteiger partial charge in [0, 0.05) is 11.8 Å². The van der Waals surface area contributed by atoms with Crippen molar-refractivity contribution >= 4 is 23.2 Å². The van der Waals surface area contributed by atoms with Crippen LogP contribution in [0.15, 0.2) is 40.8 Å². The molecule has 2 N–H and O–H groups in total. The molecule has 0 aliphatic rings. The molecule has 4 nitrogen and oxygen atoms in total. The highest BCUT2D eigenvalue weighted by Crippen LogP contribution is 2.17. The smallest absolute Gasteiger partial charge is 0.291 e. The zero-order valence-electron chi connectivity index (χ0n) is 8.81. The van der Waals surface area contributed by atoms with E-state index < -0.39 is 0 Å². The largest absolute Gasteiger partial charge is 0.508 e. The zero-order valence-corrected chi connectivity index (χ0v) is 9.57. The van der Waals surface area contributed by atoms with E-state index in [0.717, 1.165) is 0 Å². The van der Waals surface area contributed by atoms with Crippen LogP contribution < -0.4 is 5.32 Å². The van der Waals surface area contributed by atoms with Crippen molar-refractivity contribution in [2.75, 3.05) is 5.32 Å². The first-order valence-corrected chi connectivity index (χ1v) is 5.47. The molecule has 0 spiro atoms. The highest BCUT2D eigenvalue weighted by molar-refractivity contribution is 6.16. The van der Waals surface area contributed by atoms with Crippen LogP contribution in [-0.2, 0) is 5.88 Å². The number of alkyl halides is 1. The van der Waals surface area contributed by atoms with Crippen molar-refractivity contribution in [3.63, 3.8) is 0 Å². The normalized spacial score (nSPS) is 10.2. The van der Waals surface area contributed by atoms with E-state index >= 15 is 0 Å². The van der Waals surface area contributed by atoms with Gasteiger partial charge in [-0.15, -0.1) is 11.6 Å². The lowest BCUT2D eigenvalue weighted by Crippen LogP contribution is -2.10. The Balaban J connectivity index is 2.11. The molecule has 0 atom stereocenters. The Bertz CT molecular complexity index is 536. The number of carbonyl (C=O) groups is 1. The summed E-state index contributed by atoms with van der Waals surface area (Å²) in [7, 11) is 0. The lowest BCUT2D eigenvalue weighted by atomic mass is 10.3. The van der Waals surface area contributed by atoms with Gasteiger partial charge in [-0.2, -0.15) is 0 Å². The number of nitrogens with one attached hydrogen (secondary N) is 1. The van der Waals surface area contributed by atoms with Gasteiger partial charge in [0.05, 0.1) is 5.88 Å². The Hall–Kier alpha value is -1.94. The van der Waals surface area contributed by atoms with Gasteiger partial charge in [-0.05, 0) is 24.3 Å². The molecule has 17 heavy (non-hydrogen) atoms. The second kappa shape index (κ2) is 4.93. The minimum Gasteiger partial charge on any atom is -0.508 e. The number of phenolic OH excluding ortho intramolecular Hbond substituents is 1. The molecular weight excluding hydrogens is 242 g/mol. The van der Waals surface area contributed by atoms with Gasteiger partial charge in [-0.3, -0.25) is 4.79 Å². The maximum absolute atomic E-state index is 11.7. The van der Waals surface area contributed by atoms with Gasteiger partial charge in [0.2, 0.25) is 0 Å². The second-order valence-electron chi connectivity index (χ2n) is 3.40. The molecule has 0 unspecified atom stereocenters. The number of halogens is 1.